The Hall–Kier alpha value is -3.87. The lowest BCUT2D eigenvalue weighted by atomic mass is 10.1. The highest BCUT2D eigenvalue weighted by atomic mass is 19.1. The van der Waals surface area contributed by atoms with Crippen molar-refractivity contribution in [1.29, 1.82) is 0 Å². The Kier molecular flexibility index (Phi) is 6.35. The lowest BCUT2D eigenvalue weighted by molar-refractivity contribution is 0.0536. The van der Waals surface area contributed by atoms with Crippen LogP contribution in [0.2, 0.25) is 0 Å². The Morgan fingerprint density at radius 1 is 0.812 bits per heavy atom. The Morgan fingerprint density at radius 3 is 2.03 bits per heavy atom. The lowest BCUT2D eigenvalue weighted by Gasteiger charge is -2.35. The van der Waals surface area contributed by atoms with E-state index in [1.54, 1.807) is 23.0 Å². The van der Waals surface area contributed by atoms with Crippen molar-refractivity contribution < 1.29 is 18.7 Å². The zero-order valence-corrected chi connectivity index (χ0v) is 17.8. The second kappa shape index (κ2) is 9.51. The van der Waals surface area contributed by atoms with E-state index in [2.05, 4.69) is 5.32 Å². The number of para-hydroxylation sites is 1. The number of halogens is 1. The van der Waals surface area contributed by atoms with Crippen molar-refractivity contribution in [2.75, 3.05) is 38.6 Å². The van der Waals surface area contributed by atoms with Gasteiger partial charge in [0.2, 0.25) is 0 Å². The predicted octanol–water partition coefficient (Wildman–Crippen LogP) is 4.18. The summed E-state index contributed by atoms with van der Waals surface area (Å²) < 4.78 is 18.3. The van der Waals surface area contributed by atoms with Gasteiger partial charge >= 0.3 is 0 Å². The van der Waals surface area contributed by atoms with Gasteiger partial charge in [0.15, 0.2) is 0 Å². The molecule has 3 aromatic carbocycles. The smallest absolute Gasteiger partial charge is 0.256 e. The van der Waals surface area contributed by atoms with Gasteiger partial charge in [0, 0.05) is 37.4 Å². The molecule has 1 aliphatic heterocycles. The van der Waals surface area contributed by atoms with Gasteiger partial charge in [-0.15, -0.1) is 0 Å². The molecule has 0 atom stereocenters. The number of carbonyl (C=O) groups excluding carboxylic acids is 2. The van der Waals surface area contributed by atoms with Crippen LogP contribution in [-0.4, -0.2) is 54.9 Å². The molecule has 0 radical (unpaired) electrons. The van der Waals surface area contributed by atoms with Crippen LogP contribution in [0.4, 0.5) is 15.8 Å². The molecular formula is C25H24FN3O3. The number of piperazine rings is 1. The van der Waals surface area contributed by atoms with Crippen LogP contribution < -0.4 is 10.1 Å². The monoisotopic (exact) mass is 433 g/mol. The van der Waals surface area contributed by atoms with Crippen LogP contribution in [0.5, 0.6) is 5.75 Å². The molecule has 7 heteroatoms. The molecule has 1 fully saturated rings. The van der Waals surface area contributed by atoms with Gasteiger partial charge in [0.05, 0.1) is 18.4 Å². The summed E-state index contributed by atoms with van der Waals surface area (Å²) in [6.45, 7) is 1.72. The maximum Gasteiger partial charge on any atom is 0.256 e. The van der Waals surface area contributed by atoms with E-state index in [-0.39, 0.29) is 17.6 Å². The van der Waals surface area contributed by atoms with Crippen LogP contribution in [0.15, 0.2) is 72.8 Å². The highest BCUT2D eigenvalue weighted by molar-refractivity contribution is 6.00. The van der Waals surface area contributed by atoms with Crippen molar-refractivity contribution in [3.05, 3.63) is 89.7 Å². The van der Waals surface area contributed by atoms with Crippen molar-refractivity contribution in [3.63, 3.8) is 0 Å². The molecule has 4 rings (SSSR count). The quantitative estimate of drug-likeness (QED) is 0.656. The molecule has 1 N–H and O–H groups in total. The van der Waals surface area contributed by atoms with E-state index in [0.29, 0.717) is 43.0 Å². The van der Waals surface area contributed by atoms with E-state index >= 15 is 0 Å². The third-order valence-corrected chi connectivity index (χ3v) is 5.47. The van der Waals surface area contributed by atoms with Crippen LogP contribution in [0.25, 0.3) is 0 Å². The first-order valence-corrected chi connectivity index (χ1v) is 10.4. The Labute approximate surface area is 186 Å². The fourth-order valence-electron chi connectivity index (χ4n) is 3.67. The average molecular weight is 433 g/mol. The molecule has 0 aliphatic carbocycles. The minimum Gasteiger partial charge on any atom is -0.497 e. The number of anilines is 2. The fraction of sp³-hybridized carbons (Fsp3) is 0.200. The van der Waals surface area contributed by atoms with E-state index in [9.17, 15) is 14.0 Å². The van der Waals surface area contributed by atoms with Crippen LogP contribution >= 0.6 is 0 Å². The number of hydrogen-bond acceptors (Lipinski definition) is 4. The Balaban J connectivity index is 1.42. The molecule has 1 saturated heterocycles. The van der Waals surface area contributed by atoms with Gasteiger partial charge in [-0.1, -0.05) is 12.1 Å². The van der Waals surface area contributed by atoms with E-state index in [1.165, 1.54) is 24.3 Å². The van der Waals surface area contributed by atoms with Crippen LogP contribution in [0.3, 0.4) is 0 Å². The SMILES string of the molecule is COc1ccc(Nc2ccccc2C(=O)N2CCN(C(=O)c3ccc(F)cc3)CC2)cc1. The number of hydrogen-bond donors (Lipinski definition) is 1. The third kappa shape index (κ3) is 4.72. The molecule has 0 bridgehead atoms. The number of rotatable bonds is 5. The summed E-state index contributed by atoms with van der Waals surface area (Å²) in [6.07, 6.45) is 0. The number of amides is 2. The summed E-state index contributed by atoms with van der Waals surface area (Å²) in [5.74, 6) is 0.140. The summed E-state index contributed by atoms with van der Waals surface area (Å²) in [6, 6.07) is 20.4. The first-order valence-electron chi connectivity index (χ1n) is 10.4. The lowest BCUT2D eigenvalue weighted by Crippen LogP contribution is -2.50. The first-order chi connectivity index (χ1) is 15.5. The van der Waals surface area contributed by atoms with Crippen molar-refractivity contribution in [1.82, 2.24) is 9.80 Å². The average Bonchev–Trinajstić information content (AvgIpc) is 2.84. The van der Waals surface area contributed by atoms with Crippen LogP contribution in [0.1, 0.15) is 20.7 Å². The minimum absolute atomic E-state index is 0.0875. The van der Waals surface area contributed by atoms with Crippen molar-refractivity contribution in [2.24, 2.45) is 0 Å². The minimum atomic E-state index is -0.376. The molecule has 1 heterocycles. The fourth-order valence-corrected chi connectivity index (χ4v) is 3.67. The van der Waals surface area contributed by atoms with Gasteiger partial charge in [-0.25, -0.2) is 4.39 Å². The van der Waals surface area contributed by atoms with Crippen LogP contribution in [0, 0.1) is 5.82 Å². The predicted molar refractivity (Wildman–Crippen MR) is 121 cm³/mol. The maximum absolute atomic E-state index is 13.2. The third-order valence-electron chi connectivity index (χ3n) is 5.47. The highest BCUT2D eigenvalue weighted by Gasteiger charge is 2.26. The van der Waals surface area contributed by atoms with Crippen molar-refractivity contribution >= 4 is 23.2 Å². The molecule has 0 saturated carbocycles. The van der Waals surface area contributed by atoms with Crippen molar-refractivity contribution in [3.8, 4) is 5.75 Å². The number of methoxy groups -OCH3 is 1. The van der Waals surface area contributed by atoms with Gasteiger partial charge in [0.25, 0.3) is 11.8 Å². The Bertz CT molecular complexity index is 1090. The molecule has 0 spiro atoms. The number of nitrogens with one attached hydrogen (secondary N) is 1. The van der Waals surface area contributed by atoms with Crippen molar-refractivity contribution in [2.45, 2.75) is 0 Å². The standard InChI is InChI=1S/C25H24FN3O3/c1-32-21-12-10-20(11-13-21)27-23-5-3-2-4-22(23)25(31)29-16-14-28(15-17-29)24(30)18-6-8-19(26)9-7-18/h2-13,27H,14-17H2,1H3. The number of carbonyl (C=O) groups is 2. The van der Waals surface area contributed by atoms with Crippen LogP contribution in [-0.2, 0) is 0 Å². The van der Waals surface area contributed by atoms with Gasteiger partial charge in [-0.05, 0) is 60.7 Å². The van der Waals surface area contributed by atoms with Gasteiger partial charge in [-0.2, -0.15) is 0 Å². The van der Waals surface area contributed by atoms with E-state index < -0.39 is 0 Å². The number of benzene rings is 3. The molecular weight excluding hydrogens is 409 g/mol. The number of ether oxygens (including phenoxy) is 1. The molecule has 3 aromatic rings. The molecule has 0 unspecified atom stereocenters. The molecule has 1 aliphatic rings. The van der Waals surface area contributed by atoms with E-state index in [4.69, 9.17) is 4.74 Å². The zero-order chi connectivity index (χ0) is 22.5. The van der Waals surface area contributed by atoms with E-state index in [1.807, 2.05) is 42.5 Å². The second-order valence-corrected chi connectivity index (χ2v) is 7.49. The number of nitrogens with zero attached hydrogens (tertiary/aromatic N) is 2. The zero-order valence-electron chi connectivity index (χ0n) is 17.8. The molecule has 6 nitrogen and oxygen atoms in total. The molecule has 164 valence electrons. The van der Waals surface area contributed by atoms with E-state index in [0.717, 1.165) is 11.4 Å². The highest BCUT2D eigenvalue weighted by Crippen LogP contribution is 2.24. The topological polar surface area (TPSA) is 61.9 Å². The summed E-state index contributed by atoms with van der Waals surface area (Å²) in [5, 5.41) is 3.30. The normalized spacial score (nSPS) is 13.6. The molecule has 2 amide bonds. The molecule has 0 aromatic heterocycles. The molecule has 32 heavy (non-hydrogen) atoms. The van der Waals surface area contributed by atoms with Gasteiger partial charge in [0.1, 0.15) is 11.6 Å². The van der Waals surface area contributed by atoms with Gasteiger partial charge in [-0.3, -0.25) is 9.59 Å². The first kappa shape index (κ1) is 21.4. The summed E-state index contributed by atoms with van der Waals surface area (Å²) >= 11 is 0. The summed E-state index contributed by atoms with van der Waals surface area (Å²) in [4.78, 5) is 29.3. The van der Waals surface area contributed by atoms with Gasteiger partial charge < -0.3 is 19.9 Å². The Morgan fingerprint density at radius 2 is 1.41 bits per heavy atom. The summed E-state index contributed by atoms with van der Waals surface area (Å²) in [5.41, 5.74) is 2.58. The summed E-state index contributed by atoms with van der Waals surface area (Å²) in [7, 11) is 1.61. The second-order valence-electron chi connectivity index (χ2n) is 7.49. The largest absolute Gasteiger partial charge is 0.497 e. The maximum atomic E-state index is 13.2.